The molecule has 0 atom stereocenters. The number of rotatable bonds is 10. The number of likely N-dealkylation sites (tertiary alicyclic amines) is 1. The normalized spacial score (nSPS) is 13.4. The first-order valence-corrected chi connectivity index (χ1v) is 15.4. The highest BCUT2D eigenvalue weighted by Crippen LogP contribution is 2.31. The van der Waals surface area contributed by atoms with Crippen LogP contribution in [0.2, 0.25) is 5.02 Å². The maximum Gasteiger partial charge on any atom is 0.234 e. The van der Waals surface area contributed by atoms with E-state index in [4.69, 9.17) is 28.6 Å². The predicted octanol–water partition coefficient (Wildman–Crippen LogP) is 5.68. The van der Waals surface area contributed by atoms with E-state index in [9.17, 15) is 9.59 Å². The van der Waals surface area contributed by atoms with Crippen LogP contribution in [-0.4, -0.2) is 63.8 Å². The minimum Gasteiger partial charge on any atom is -0.492 e. The van der Waals surface area contributed by atoms with Gasteiger partial charge in [-0.3, -0.25) is 9.59 Å². The van der Waals surface area contributed by atoms with E-state index in [-0.39, 0.29) is 23.3 Å². The van der Waals surface area contributed by atoms with Gasteiger partial charge >= 0.3 is 0 Å². The van der Waals surface area contributed by atoms with E-state index in [0.717, 1.165) is 50.5 Å². The average Bonchev–Trinajstić information content (AvgIpc) is 3.32. The number of thioether (sulfide) groups is 2. The van der Waals surface area contributed by atoms with Crippen molar-refractivity contribution < 1.29 is 14.3 Å². The van der Waals surface area contributed by atoms with Crippen molar-refractivity contribution in [3.05, 3.63) is 47.5 Å². The number of carbonyl (C=O) groups excluding carboxylic acids is 2. The van der Waals surface area contributed by atoms with Gasteiger partial charge in [0.25, 0.3) is 0 Å². The Balaban J connectivity index is 1.18. The minimum absolute atomic E-state index is 0.0838. The lowest BCUT2D eigenvalue weighted by atomic mass is 10.1. The van der Waals surface area contributed by atoms with Crippen LogP contribution in [0.3, 0.4) is 0 Å². The van der Waals surface area contributed by atoms with Crippen molar-refractivity contribution in [3.63, 3.8) is 0 Å². The van der Waals surface area contributed by atoms with Gasteiger partial charge in [0, 0.05) is 23.8 Å². The molecule has 12 heteroatoms. The molecular formula is C25H27ClN4O3S4. The predicted molar refractivity (Wildman–Crippen MR) is 159 cm³/mol. The lowest BCUT2D eigenvalue weighted by Gasteiger charge is -2.28. The van der Waals surface area contributed by atoms with Gasteiger partial charge in [0.2, 0.25) is 11.8 Å². The molecule has 37 heavy (non-hydrogen) atoms. The zero-order chi connectivity index (χ0) is 26.0. The van der Waals surface area contributed by atoms with Crippen LogP contribution < -0.4 is 15.4 Å². The summed E-state index contributed by atoms with van der Waals surface area (Å²) in [5.41, 5.74) is 1.56. The van der Waals surface area contributed by atoms with Gasteiger partial charge in [0.15, 0.2) is 4.34 Å². The third-order valence-corrected chi connectivity index (χ3v) is 9.36. The molecule has 1 saturated heterocycles. The van der Waals surface area contributed by atoms with Crippen molar-refractivity contribution in [1.29, 1.82) is 0 Å². The number of anilines is 1. The van der Waals surface area contributed by atoms with Crippen LogP contribution in [0.25, 0.3) is 10.2 Å². The van der Waals surface area contributed by atoms with Crippen LogP contribution in [-0.2, 0) is 9.59 Å². The number of thiocarbonyl (C=S) groups is 1. The number of nitrogens with zero attached hydrogens (tertiary/aromatic N) is 2. The SMILES string of the molecule is O=C(CSc1nc2ccc(NC(=O)CSC(=S)N3CCCCC3)cc2s1)NCCOc1ccc(Cl)cc1. The molecule has 0 spiro atoms. The quantitative estimate of drug-likeness (QED) is 0.176. The van der Waals surface area contributed by atoms with Gasteiger partial charge in [-0.05, 0) is 61.7 Å². The maximum absolute atomic E-state index is 12.4. The number of hydrogen-bond acceptors (Lipinski definition) is 8. The monoisotopic (exact) mass is 594 g/mol. The molecule has 7 nitrogen and oxygen atoms in total. The number of amides is 2. The third kappa shape index (κ3) is 9.03. The molecule has 0 unspecified atom stereocenters. The molecule has 0 radical (unpaired) electrons. The number of carbonyl (C=O) groups is 2. The lowest BCUT2D eigenvalue weighted by Crippen LogP contribution is -2.33. The smallest absolute Gasteiger partial charge is 0.234 e. The Labute approximate surface area is 239 Å². The highest BCUT2D eigenvalue weighted by atomic mass is 35.5. The first-order valence-electron chi connectivity index (χ1n) is 11.9. The Morgan fingerprint density at radius 1 is 1.08 bits per heavy atom. The summed E-state index contributed by atoms with van der Waals surface area (Å²) in [4.78, 5) is 31.4. The molecule has 2 amide bonds. The number of benzene rings is 2. The molecule has 0 bridgehead atoms. The molecule has 0 aliphatic carbocycles. The number of nitrogens with one attached hydrogen (secondary N) is 2. The van der Waals surface area contributed by atoms with E-state index in [0.29, 0.717) is 23.9 Å². The van der Waals surface area contributed by atoms with E-state index >= 15 is 0 Å². The molecule has 1 fully saturated rings. The lowest BCUT2D eigenvalue weighted by molar-refractivity contribution is -0.118. The minimum atomic E-state index is -0.0862. The van der Waals surface area contributed by atoms with Gasteiger partial charge < -0.3 is 20.3 Å². The van der Waals surface area contributed by atoms with Crippen LogP contribution in [0.15, 0.2) is 46.8 Å². The van der Waals surface area contributed by atoms with Crippen molar-refractivity contribution >= 4 is 90.7 Å². The molecule has 2 aromatic carbocycles. The van der Waals surface area contributed by atoms with E-state index < -0.39 is 0 Å². The summed E-state index contributed by atoms with van der Waals surface area (Å²) < 4.78 is 8.13. The van der Waals surface area contributed by atoms with E-state index in [1.54, 1.807) is 24.3 Å². The van der Waals surface area contributed by atoms with Gasteiger partial charge in [-0.2, -0.15) is 0 Å². The van der Waals surface area contributed by atoms with Crippen LogP contribution >= 0.6 is 58.7 Å². The summed E-state index contributed by atoms with van der Waals surface area (Å²) in [6, 6.07) is 12.7. The van der Waals surface area contributed by atoms with Crippen molar-refractivity contribution in [2.24, 2.45) is 0 Å². The first-order chi connectivity index (χ1) is 18.0. The number of ether oxygens (including phenoxy) is 1. The van der Waals surface area contributed by atoms with E-state index in [1.807, 2.05) is 18.2 Å². The topological polar surface area (TPSA) is 83.6 Å². The fourth-order valence-corrected chi connectivity index (χ4v) is 6.72. The summed E-state index contributed by atoms with van der Waals surface area (Å²) in [5, 5.41) is 6.44. The summed E-state index contributed by atoms with van der Waals surface area (Å²) >= 11 is 15.6. The molecule has 1 aliphatic heterocycles. The Hall–Kier alpha value is -2.05. The standard InChI is InChI=1S/C25H27ClN4O3S4/c26-17-4-7-19(8-5-17)33-13-10-27-22(31)15-35-24-29-20-9-6-18(14-21(20)37-24)28-23(32)16-36-25(34)30-11-2-1-3-12-30/h4-9,14H,1-3,10-13,15-16H2,(H,27,31)(H,28,32). The number of piperidine rings is 1. The number of fused-ring (bicyclic) bond motifs is 1. The van der Waals surface area contributed by atoms with Gasteiger partial charge in [0.05, 0.1) is 28.3 Å². The van der Waals surface area contributed by atoms with Gasteiger partial charge in [0.1, 0.15) is 16.7 Å². The largest absolute Gasteiger partial charge is 0.492 e. The second kappa shape index (κ2) is 14.2. The summed E-state index contributed by atoms with van der Waals surface area (Å²) in [7, 11) is 0. The van der Waals surface area contributed by atoms with Gasteiger partial charge in [-0.25, -0.2) is 4.98 Å². The molecule has 0 saturated carbocycles. The number of hydrogen-bond donors (Lipinski definition) is 2. The molecule has 3 aromatic rings. The Bertz CT molecular complexity index is 1230. The molecule has 196 valence electrons. The summed E-state index contributed by atoms with van der Waals surface area (Å²) in [6.07, 6.45) is 3.57. The third-order valence-electron chi connectivity index (χ3n) is 5.43. The Morgan fingerprint density at radius 2 is 1.86 bits per heavy atom. The summed E-state index contributed by atoms with van der Waals surface area (Å²) in [5.74, 6) is 1.09. The molecule has 1 aliphatic rings. The van der Waals surface area contributed by atoms with Gasteiger partial charge in [-0.15, -0.1) is 11.3 Å². The molecule has 2 N–H and O–H groups in total. The van der Waals surface area contributed by atoms with Crippen LogP contribution in [0.4, 0.5) is 5.69 Å². The molecule has 1 aromatic heterocycles. The van der Waals surface area contributed by atoms with Crippen LogP contribution in [0, 0.1) is 0 Å². The Morgan fingerprint density at radius 3 is 2.65 bits per heavy atom. The maximum atomic E-state index is 12.4. The zero-order valence-corrected chi connectivity index (χ0v) is 24.1. The second-order valence-electron chi connectivity index (χ2n) is 8.25. The number of thiazole rings is 1. The van der Waals surface area contributed by atoms with E-state index in [1.165, 1.54) is 41.3 Å². The van der Waals surface area contributed by atoms with Crippen molar-refractivity contribution in [3.8, 4) is 5.75 Å². The number of halogens is 1. The van der Waals surface area contributed by atoms with Gasteiger partial charge in [-0.1, -0.05) is 47.3 Å². The molecule has 2 heterocycles. The Kier molecular flexibility index (Phi) is 10.7. The highest BCUT2D eigenvalue weighted by molar-refractivity contribution is 8.23. The average molecular weight is 595 g/mol. The fraction of sp³-hybridized carbons (Fsp3) is 0.360. The van der Waals surface area contributed by atoms with Crippen molar-refractivity contribution in [1.82, 2.24) is 15.2 Å². The first kappa shape index (κ1) is 28.0. The second-order valence-corrected chi connectivity index (χ2v) is 12.6. The van der Waals surface area contributed by atoms with E-state index in [2.05, 4.69) is 20.5 Å². The molecular weight excluding hydrogens is 568 g/mol. The fourth-order valence-electron chi connectivity index (χ4n) is 3.60. The summed E-state index contributed by atoms with van der Waals surface area (Å²) in [6.45, 7) is 2.74. The number of aromatic nitrogens is 1. The zero-order valence-electron chi connectivity index (χ0n) is 20.0. The van der Waals surface area contributed by atoms with Crippen molar-refractivity contribution in [2.45, 2.75) is 23.6 Å². The van der Waals surface area contributed by atoms with Crippen LogP contribution in [0.1, 0.15) is 19.3 Å². The highest BCUT2D eigenvalue weighted by Gasteiger charge is 2.15. The van der Waals surface area contributed by atoms with Crippen LogP contribution in [0.5, 0.6) is 5.75 Å². The van der Waals surface area contributed by atoms with Crippen molar-refractivity contribution in [2.75, 3.05) is 43.1 Å². The molecule has 4 rings (SSSR count).